The Morgan fingerprint density at radius 1 is 1.67 bits per heavy atom. The van der Waals surface area contributed by atoms with Gasteiger partial charge in [-0.2, -0.15) is 0 Å². The van der Waals surface area contributed by atoms with Crippen LogP contribution < -0.4 is 10.6 Å². The Kier molecular flexibility index (Phi) is 4.84. The number of rotatable bonds is 6. The molecule has 1 aromatic rings. The van der Waals surface area contributed by atoms with Gasteiger partial charge < -0.3 is 15.4 Å². The molecule has 1 heterocycles. The van der Waals surface area contributed by atoms with Crippen LogP contribution in [0.1, 0.15) is 20.3 Å². The first-order valence-corrected chi connectivity index (χ1v) is 5.97. The molecule has 1 rings (SSSR count). The zero-order valence-corrected chi connectivity index (χ0v) is 10.4. The van der Waals surface area contributed by atoms with Crippen molar-refractivity contribution in [2.24, 2.45) is 0 Å². The predicted octanol–water partition coefficient (Wildman–Crippen LogP) is 1.98. The molecule has 1 atom stereocenters. The normalized spacial score (nSPS) is 12.7. The molecular formula is C10H19N3OS. The molecule has 0 amide bonds. The van der Waals surface area contributed by atoms with E-state index in [1.165, 1.54) is 11.3 Å². The van der Waals surface area contributed by atoms with Gasteiger partial charge in [-0.05, 0) is 13.3 Å². The molecule has 4 nitrogen and oxygen atoms in total. The van der Waals surface area contributed by atoms with Crippen LogP contribution in [0.3, 0.4) is 0 Å². The number of nitrogens with two attached hydrogens (primary N) is 1. The molecule has 0 fully saturated rings. The minimum atomic E-state index is 0.464. The van der Waals surface area contributed by atoms with E-state index in [2.05, 4.69) is 23.7 Å². The Morgan fingerprint density at radius 2 is 2.40 bits per heavy atom. The number of aromatic nitrogens is 1. The zero-order chi connectivity index (χ0) is 11.3. The van der Waals surface area contributed by atoms with Crippen molar-refractivity contribution in [3.8, 4) is 0 Å². The summed E-state index contributed by atoms with van der Waals surface area (Å²) >= 11 is 1.53. The maximum atomic E-state index is 5.68. The van der Waals surface area contributed by atoms with Crippen LogP contribution in [0.4, 0.5) is 10.1 Å². The lowest BCUT2D eigenvalue weighted by atomic mass is 10.2. The summed E-state index contributed by atoms with van der Waals surface area (Å²) in [4.78, 5) is 6.54. The average Bonchev–Trinajstić information content (AvgIpc) is 2.65. The topological polar surface area (TPSA) is 51.4 Å². The molecule has 0 aliphatic rings. The molecule has 1 unspecified atom stereocenters. The number of anilines is 2. The second-order valence-electron chi connectivity index (χ2n) is 3.49. The predicted molar refractivity (Wildman–Crippen MR) is 65.5 cm³/mol. The largest absolute Gasteiger partial charge is 0.389 e. The minimum Gasteiger partial charge on any atom is -0.389 e. The van der Waals surface area contributed by atoms with Gasteiger partial charge in [0.2, 0.25) is 0 Å². The van der Waals surface area contributed by atoms with E-state index in [9.17, 15) is 0 Å². The van der Waals surface area contributed by atoms with E-state index in [0.29, 0.717) is 12.6 Å². The summed E-state index contributed by atoms with van der Waals surface area (Å²) in [5, 5.41) is 1.75. The van der Waals surface area contributed by atoms with Crippen molar-refractivity contribution in [2.45, 2.75) is 26.3 Å². The highest BCUT2D eigenvalue weighted by Gasteiger charge is 2.15. The summed E-state index contributed by atoms with van der Waals surface area (Å²) in [6, 6.07) is 0.464. The second-order valence-corrected chi connectivity index (χ2v) is 4.53. The van der Waals surface area contributed by atoms with Gasteiger partial charge in [-0.25, -0.2) is 4.98 Å². The van der Waals surface area contributed by atoms with Crippen LogP contribution in [-0.4, -0.2) is 31.3 Å². The van der Waals surface area contributed by atoms with Crippen LogP contribution in [0.25, 0.3) is 0 Å². The van der Waals surface area contributed by atoms with Crippen molar-refractivity contribution >= 4 is 21.5 Å². The maximum Gasteiger partial charge on any atom is 0.187 e. The van der Waals surface area contributed by atoms with E-state index in [1.54, 1.807) is 13.3 Å². The Balaban J connectivity index is 2.71. The van der Waals surface area contributed by atoms with Crippen LogP contribution in [0.5, 0.6) is 0 Å². The third-order valence-corrected chi connectivity index (χ3v) is 3.28. The lowest BCUT2D eigenvalue weighted by Gasteiger charge is -2.27. The van der Waals surface area contributed by atoms with Gasteiger partial charge in [-0.15, -0.1) is 0 Å². The zero-order valence-electron chi connectivity index (χ0n) is 9.56. The summed E-state index contributed by atoms with van der Waals surface area (Å²) in [5.41, 5.74) is 5.68. The van der Waals surface area contributed by atoms with Crippen LogP contribution in [0.2, 0.25) is 0 Å². The molecule has 15 heavy (non-hydrogen) atoms. The third-order valence-electron chi connectivity index (χ3n) is 2.42. The van der Waals surface area contributed by atoms with E-state index in [1.807, 2.05) is 0 Å². The summed E-state index contributed by atoms with van der Waals surface area (Å²) in [6.45, 7) is 5.93. The monoisotopic (exact) mass is 229 g/mol. The van der Waals surface area contributed by atoms with Gasteiger partial charge in [0.05, 0.1) is 12.8 Å². The molecule has 5 heteroatoms. The van der Waals surface area contributed by atoms with Gasteiger partial charge >= 0.3 is 0 Å². The minimum absolute atomic E-state index is 0.464. The van der Waals surface area contributed by atoms with Crippen molar-refractivity contribution in [2.75, 3.05) is 30.9 Å². The molecule has 0 aliphatic carbocycles. The number of thiazole rings is 1. The highest BCUT2D eigenvalue weighted by Crippen LogP contribution is 2.26. The fourth-order valence-corrected chi connectivity index (χ4v) is 2.13. The van der Waals surface area contributed by atoms with Crippen molar-refractivity contribution in [3.63, 3.8) is 0 Å². The number of methoxy groups -OCH3 is 1. The highest BCUT2D eigenvalue weighted by molar-refractivity contribution is 7.19. The lowest BCUT2D eigenvalue weighted by molar-refractivity contribution is 0.203. The summed E-state index contributed by atoms with van der Waals surface area (Å²) < 4.78 is 5.10. The van der Waals surface area contributed by atoms with Crippen LogP contribution in [-0.2, 0) is 4.74 Å². The Morgan fingerprint density at radius 3 is 2.87 bits per heavy atom. The van der Waals surface area contributed by atoms with Gasteiger partial charge in [-0.1, -0.05) is 18.3 Å². The average molecular weight is 229 g/mol. The fraction of sp³-hybridized carbons (Fsp3) is 0.700. The fourth-order valence-electron chi connectivity index (χ4n) is 1.32. The van der Waals surface area contributed by atoms with Gasteiger partial charge in [0.25, 0.3) is 0 Å². The molecule has 0 aliphatic heterocycles. The van der Waals surface area contributed by atoms with Crippen LogP contribution in [0, 0.1) is 0 Å². The molecule has 0 bridgehead atoms. The van der Waals surface area contributed by atoms with Crippen molar-refractivity contribution in [1.82, 2.24) is 4.98 Å². The molecule has 1 aromatic heterocycles. The van der Waals surface area contributed by atoms with Gasteiger partial charge in [-0.3, -0.25) is 0 Å². The van der Waals surface area contributed by atoms with Gasteiger partial charge in [0.15, 0.2) is 5.13 Å². The van der Waals surface area contributed by atoms with E-state index < -0.39 is 0 Å². The third kappa shape index (κ3) is 3.35. The molecule has 0 spiro atoms. The first-order valence-electron chi connectivity index (χ1n) is 5.16. The van der Waals surface area contributed by atoms with E-state index in [4.69, 9.17) is 10.5 Å². The molecule has 86 valence electrons. The number of hydrogen-bond donors (Lipinski definition) is 1. The standard InChI is InChI=1S/C10H19N3OS/c1-4-8(2)13(5-6-14-3)10-12-7-9(11)15-10/h7-8H,4-6,11H2,1-3H3. The van der Waals surface area contributed by atoms with E-state index >= 15 is 0 Å². The molecular weight excluding hydrogens is 210 g/mol. The Labute approximate surface area is 95.1 Å². The van der Waals surface area contributed by atoms with Crippen molar-refractivity contribution in [1.29, 1.82) is 0 Å². The number of nitrogens with zero attached hydrogens (tertiary/aromatic N) is 2. The number of ether oxygens (including phenoxy) is 1. The Bertz CT molecular complexity index is 290. The number of hydrogen-bond acceptors (Lipinski definition) is 5. The Hall–Kier alpha value is -0.810. The van der Waals surface area contributed by atoms with E-state index in [0.717, 1.165) is 23.1 Å². The molecule has 2 N–H and O–H groups in total. The quantitative estimate of drug-likeness (QED) is 0.810. The summed E-state index contributed by atoms with van der Waals surface area (Å²) in [5.74, 6) is 0. The first kappa shape index (κ1) is 12.3. The summed E-state index contributed by atoms with van der Waals surface area (Å²) in [7, 11) is 1.71. The van der Waals surface area contributed by atoms with Gasteiger partial charge in [0, 0.05) is 19.7 Å². The summed E-state index contributed by atoms with van der Waals surface area (Å²) in [6.07, 6.45) is 2.80. The van der Waals surface area contributed by atoms with Gasteiger partial charge in [0.1, 0.15) is 5.00 Å². The molecule has 0 aromatic carbocycles. The molecule has 0 saturated carbocycles. The lowest BCUT2D eigenvalue weighted by Crippen LogP contribution is -2.35. The van der Waals surface area contributed by atoms with Crippen LogP contribution >= 0.6 is 11.3 Å². The second kappa shape index (κ2) is 5.92. The van der Waals surface area contributed by atoms with Crippen molar-refractivity contribution in [3.05, 3.63) is 6.20 Å². The maximum absolute atomic E-state index is 5.68. The molecule has 0 saturated heterocycles. The first-order chi connectivity index (χ1) is 7.19. The van der Waals surface area contributed by atoms with Crippen LogP contribution in [0.15, 0.2) is 6.20 Å². The molecule has 0 radical (unpaired) electrons. The smallest absolute Gasteiger partial charge is 0.187 e. The van der Waals surface area contributed by atoms with E-state index in [-0.39, 0.29) is 0 Å². The van der Waals surface area contributed by atoms with Crippen molar-refractivity contribution < 1.29 is 4.74 Å². The highest BCUT2D eigenvalue weighted by atomic mass is 32.1. The number of nitrogen functional groups attached to an aromatic ring is 1. The SMILES string of the molecule is CCC(C)N(CCOC)c1ncc(N)s1.